The van der Waals surface area contributed by atoms with Crippen LogP contribution in [0, 0.1) is 23.2 Å². The number of aromatic nitrogens is 2. The lowest BCUT2D eigenvalue weighted by Crippen LogP contribution is -2.56. The van der Waals surface area contributed by atoms with E-state index in [0.29, 0.717) is 24.2 Å². The Kier molecular flexibility index (Phi) is 3.90. The second kappa shape index (κ2) is 6.06. The predicted molar refractivity (Wildman–Crippen MR) is 96.5 cm³/mol. The summed E-state index contributed by atoms with van der Waals surface area (Å²) in [6.07, 6.45) is 9.50. The lowest BCUT2D eigenvalue weighted by atomic mass is 9.47. The molecule has 0 spiro atoms. The summed E-state index contributed by atoms with van der Waals surface area (Å²) in [7, 11) is 0. The minimum absolute atomic E-state index is 0.00700. The van der Waals surface area contributed by atoms with E-state index in [1.165, 1.54) is 6.42 Å². The van der Waals surface area contributed by atoms with Crippen LogP contribution < -0.4 is 5.32 Å². The fourth-order valence-electron chi connectivity index (χ4n) is 6.69. The van der Waals surface area contributed by atoms with Crippen molar-refractivity contribution in [2.24, 2.45) is 23.2 Å². The molecule has 3 atom stereocenters. The smallest absolute Gasteiger partial charge is 0.226 e. The van der Waals surface area contributed by atoms with Gasteiger partial charge in [-0.05, 0) is 62.2 Å². The minimum Gasteiger partial charge on any atom is -0.390 e. The van der Waals surface area contributed by atoms with Crippen molar-refractivity contribution in [3.05, 3.63) is 12.3 Å². The van der Waals surface area contributed by atoms with Gasteiger partial charge in [0.2, 0.25) is 5.91 Å². The Morgan fingerprint density at radius 3 is 2.85 bits per heavy atom. The molecular formula is C20H29N3O3. The third-order valence-corrected chi connectivity index (χ3v) is 7.13. The maximum atomic E-state index is 12.8. The molecule has 5 aliphatic rings. The average molecular weight is 359 g/mol. The van der Waals surface area contributed by atoms with Crippen molar-refractivity contribution in [1.82, 2.24) is 9.78 Å². The number of rotatable bonds is 5. The minimum atomic E-state index is -0.505. The molecule has 0 radical (unpaired) electrons. The molecule has 2 heterocycles. The molecule has 0 unspecified atom stereocenters. The summed E-state index contributed by atoms with van der Waals surface area (Å²) in [5.74, 6) is 2.55. The topological polar surface area (TPSA) is 76.4 Å². The second-order valence-corrected chi connectivity index (χ2v) is 9.54. The van der Waals surface area contributed by atoms with Gasteiger partial charge in [0.15, 0.2) is 0 Å². The van der Waals surface area contributed by atoms with Crippen molar-refractivity contribution < 1.29 is 14.6 Å². The maximum Gasteiger partial charge on any atom is 0.226 e. The highest BCUT2D eigenvalue weighted by Crippen LogP contribution is 2.62. The van der Waals surface area contributed by atoms with Crippen molar-refractivity contribution in [3.63, 3.8) is 0 Å². The zero-order valence-corrected chi connectivity index (χ0v) is 15.3. The first-order chi connectivity index (χ1) is 12.5. The van der Waals surface area contributed by atoms with Crippen LogP contribution in [-0.4, -0.2) is 39.6 Å². The number of nitrogens with zero attached hydrogens (tertiary/aromatic N) is 2. The Bertz CT molecular complexity index is 680. The first-order valence-electron chi connectivity index (χ1n) is 10.1. The van der Waals surface area contributed by atoms with E-state index in [0.717, 1.165) is 64.1 Å². The fourth-order valence-corrected chi connectivity index (χ4v) is 6.69. The number of carbonyl (C=O) groups is 1. The molecule has 1 aliphatic heterocycles. The zero-order chi connectivity index (χ0) is 17.8. The molecule has 4 bridgehead atoms. The molecule has 2 N–H and O–H groups in total. The average Bonchev–Trinajstić information content (AvgIpc) is 3.17. The summed E-state index contributed by atoms with van der Waals surface area (Å²) in [5.41, 5.74) is -0.498. The van der Waals surface area contributed by atoms with Crippen molar-refractivity contribution >= 4 is 11.7 Å². The first-order valence-corrected chi connectivity index (χ1v) is 10.1. The van der Waals surface area contributed by atoms with Crippen LogP contribution in [0.2, 0.25) is 0 Å². The summed E-state index contributed by atoms with van der Waals surface area (Å²) in [6.45, 7) is 2.39. The largest absolute Gasteiger partial charge is 0.390 e. The highest BCUT2D eigenvalue weighted by molar-refractivity contribution is 5.90. The molecular weight excluding hydrogens is 330 g/mol. The summed E-state index contributed by atoms with van der Waals surface area (Å²) >= 11 is 0. The van der Waals surface area contributed by atoms with Crippen LogP contribution in [0.5, 0.6) is 0 Å². The maximum absolute atomic E-state index is 12.8. The fraction of sp³-hybridized carbons (Fsp3) is 0.800. The number of hydrogen-bond acceptors (Lipinski definition) is 4. The van der Waals surface area contributed by atoms with Crippen LogP contribution in [0.1, 0.15) is 51.4 Å². The van der Waals surface area contributed by atoms with Gasteiger partial charge in [0, 0.05) is 31.6 Å². The Morgan fingerprint density at radius 1 is 1.35 bits per heavy atom. The van der Waals surface area contributed by atoms with Gasteiger partial charge in [0.1, 0.15) is 5.82 Å². The van der Waals surface area contributed by atoms with Crippen molar-refractivity contribution in [1.29, 1.82) is 0 Å². The van der Waals surface area contributed by atoms with E-state index in [9.17, 15) is 9.90 Å². The third-order valence-electron chi connectivity index (χ3n) is 7.13. The van der Waals surface area contributed by atoms with Crippen molar-refractivity contribution in [3.8, 4) is 0 Å². The van der Waals surface area contributed by atoms with E-state index < -0.39 is 5.60 Å². The lowest BCUT2D eigenvalue weighted by Gasteiger charge is -2.60. The molecule has 1 aromatic rings. The van der Waals surface area contributed by atoms with E-state index in [1.807, 2.05) is 10.7 Å². The number of aliphatic hydroxyl groups is 1. The van der Waals surface area contributed by atoms with Gasteiger partial charge in [0.05, 0.1) is 18.4 Å². The van der Waals surface area contributed by atoms with Gasteiger partial charge >= 0.3 is 0 Å². The van der Waals surface area contributed by atoms with Gasteiger partial charge < -0.3 is 15.2 Å². The molecule has 142 valence electrons. The van der Waals surface area contributed by atoms with Gasteiger partial charge in [-0.3, -0.25) is 4.79 Å². The highest BCUT2D eigenvalue weighted by Gasteiger charge is 2.57. The lowest BCUT2D eigenvalue weighted by molar-refractivity contribution is -0.167. The Morgan fingerprint density at radius 2 is 2.15 bits per heavy atom. The number of hydrogen-bond donors (Lipinski definition) is 2. The normalized spacial score (nSPS) is 40.9. The van der Waals surface area contributed by atoms with E-state index in [-0.39, 0.29) is 11.3 Å². The van der Waals surface area contributed by atoms with Crippen molar-refractivity contribution in [2.45, 2.75) is 63.5 Å². The first kappa shape index (κ1) is 16.8. The highest BCUT2D eigenvalue weighted by atomic mass is 16.5. The standard InChI is InChI=1S/C20H29N3O3/c24-18(22-17-1-3-21-23(17)11-14-2-4-26-12-14)10-19-6-15-5-16(7-19)9-20(25,8-15)13-19/h1,3,14-16,25H,2,4-13H2,(H,22,24)/t14-,15-,16-,19?,20?/m1/s1. The Hall–Kier alpha value is -1.40. The molecule has 26 heavy (non-hydrogen) atoms. The van der Waals surface area contributed by atoms with Gasteiger partial charge in [0.25, 0.3) is 0 Å². The van der Waals surface area contributed by atoms with E-state index >= 15 is 0 Å². The summed E-state index contributed by atoms with van der Waals surface area (Å²) in [6, 6.07) is 1.88. The van der Waals surface area contributed by atoms with Crippen LogP contribution in [0.4, 0.5) is 5.82 Å². The molecule has 0 aromatic carbocycles. The predicted octanol–water partition coefficient (Wildman–Crippen LogP) is 2.58. The van der Waals surface area contributed by atoms with Crippen LogP contribution in [0.3, 0.4) is 0 Å². The van der Waals surface area contributed by atoms with Crippen LogP contribution in [-0.2, 0) is 16.1 Å². The van der Waals surface area contributed by atoms with Crippen LogP contribution >= 0.6 is 0 Å². The van der Waals surface area contributed by atoms with Crippen LogP contribution in [0.15, 0.2) is 12.3 Å². The van der Waals surface area contributed by atoms with Crippen molar-refractivity contribution in [2.75, 3.05) is 18.5 Å². The van der Waals surface area contributed by atoms with Gasteiger partial charge in [-0.15, -0.1) is 0 Å². The summed E-state index contributed by atoms with van der Waals surface area (Å²) in [4.78, 5) is 12.8. The SMILES string of the molecule is O=C(CC12C[C@H]3C[C@@H](CC(O)(C3)C1)C2)Nc1ccnn1C[C@H]1CCOC1. The van der Waals surface area contributed by atoms with E-state index in [1.54, 1.807) is 6.20 Å². The Balaban J connectivity index is 1.25. The number of amides is 1. The monoisotopic (exact) mass is 359 g/mol. The molecule has 6 nitrogen and oxygen atoms in total. The molecule has 1 amide bonds. The number of anilines is 1. The third kappa shape index (κ3) is 3.07. The molecule has 4 aliphatic carbocycles. The quantitative estimate of drug-likeness (QED) is 0.847. The molecule has 1 aromatic heterocycles. The molecule has 6 heteroatoms. The second-order valence-electron chi connectivity index (χ2n) is 9.54. The van der Waals surface area contributed by atoms with Crippen LogP contribution in [0.25, 0.3) is 0 Å². The number of carbonyl (C=O) groups excluding carboxylic acids is 1. The summed E-state index contributed by atoms with van der Waals surface area (Å²) in [5, 5.41) is 18.4. The number of ether oxygens (including phenoxy) is 1. The van der Waals surface area contributed by atoms with E-state index in [4.69, 9.17) is 4.74 Å². The molecule has 4 saturated carbocycles. The Labute approximate surface area is 154 Å². The molecule has 1 saturated heterocycles. The molecule has 6 rings (SSSR count). The van der Waals surface area contributed by atoms with E-state index in [2.05, 4.69) is 10.4 Å². The van der Waals surface area contributed by atoms with Gasteiger partial charge in [-0.2, -0.15) is 5.10 Å². The number of nitrogens with one attached hydrogen (secondary N) is 1. The zero-order valence-electron chi connectivity index (χ0n) is 15.3. The van der Waals surface area contributed by atoms with Gasteiger partial charge in [-0.25, -0.2) is 4.68 Å². The molecule has 5 fully saturated rings. The summed E-state index contributed by atoms with van der Waals surface area (Å²) < 4.78 is 7.34. The van der Waals surface area contributed by atoms with Gasteiger partial charge in [-0.1, -0.05) is 0 Å².